The third-order valence-electron chi connectivity index (χ3n) is 4.60. The summed E-state index contributed by atoms with van der Waals surface area (Å²) in [4.78, 5) is 11.6. The lowest BCUT2D eigenvalue weighted by Gasteiger charge is -2.35. The smallest absolute Gasteiger partial charge is 0.135 e. The number of fused-ring (bicyclic) bond motifs is 1. The summed E-state index contributed by atoms with van der Waals surface area (Å²) in [5.41, 5.74) is 2.73. The Balaban J connectivity index is 1.75. The quantitative estimate of drug-likeness (QED) is 0.913. The second-order valence-electron chi connectivity index (χ2n) is 6.09. The third kappa shape index (κ3) is 2.95. The highest BCUT2D eigenvalue weighted by Gasteiger charge is 2.24. The van der Waals surface area contributed by atoms with Gasteiger partial charge in [0.2, 0.25) is 0 Å². The highest BCUT2D eigenvalue weighted by Crippen LogP contribution is 2.29. The predicted molar refractivity (Wildman–Crippen MR) is 82.2 cm³/mol. The van der Waals surface area contributed by atoms with Crippen molar-refractivity contribution in [1.82, 2.24) is 15.3 Å². The lowest BCUT2D eigenvalue weighted by atomic mass is 9.94. The number of piperidine rings is 1. The maximum atomic E-state index is 4.62. The van der Waals surface area contributed by atoms with Crippen LogP contribution in [-0.4, -0.2) is 36.1 Å². The van der Waals surface area contributed by atoms with Crippen molar-refractivity contribution in [3.05, 3.63) is 17.6 Å². The van der Waals surface area contributed by atoms with Crippen LogP contribution in [0, 0.1) is 5.92 Å². The molecule has 1 fully saturated rings. The van der Waals surface area contributed by atoms with Crippen molar-refractivity contribution < 1.29 is 0 Å². The van der Waals surface area contributed by atoms with Gasteiger partial charge in [0.1, 0.15) is 12.1 Å². The second-order valence-corrected chi connectivity index (χ2v) is 6.09. The van der Waals surface area contributed by atoms with E-state index in [1.54, 1.807) is 6.33 Å². The van der Waals surface area contributed by atoms with Gasteiger partial charge in [-0.05, 0) is 57.5 Å². The standard InChI is InChI=1S/C16H26N4/c1-2-17-10-13-6-5-9-20(11-13)16-14-7-3-4-8-15(14)18-12-19-16/h12-13,17H,2-11H2,1H3. The molecule has 0 radical (unpaired) electrons. The molecule has 0 saturated carbocycles. The van der Waals surface area contributed by atoms with Gasteiger partial charge in [0, 0.05) is 24.3 Å². The van der Waals surface area contributed by atoms with Crippen molar-refractivity contribution in [1.29, 1.82) is 0 Å². The van der Waals surface area contributed by atoms with E-state index >= 15 is 0 Å². The normalized spacial score (nSPS) is 22.6. The van der Waals surface area contributed by atoms with Crippen LogP contribution >= 0.6 is 0 Å². The van der Waals surface area contributed by atoms with E-state index in [-0.39, 0.29) is 0 Å². The lowest BCUT2D eigenvalue weighted by molar-refractivity contribution is 0.393. The highest BCUT2D eigenvalue weighted by molar-refractivity contribution is 5.49. The van der Waals surface area contributed by atoms with Crippen LogP contribution in [0.4, 0.5) is 5.82 Å². The number of rotatable bonds is 4. The van der Waals surface area contributed by atoms with Crippen molar-refractivity contribution >= 4 is 5.82 Å². The molecular formula is C16H26N4. The Hall–Kier alpha value is -1.16. The zero-order chi connectivity index (χ0) is 13.8. The Bertz CT molecular complexity index is 446. The Labute approximate surface area is 122 Å². The van der Waals surface area contributed by atoms with Crippen LogP contribution in [0.1, 0.15) is 43.9 Å². The van der Waals surface area contributed by atoms with Crippen LogP contribution in [0.15, 0.2) is 6.33 Å². The van der Waals surface area contributed by atoms with E-state index in [4.69, 9.17) is 0 Å². The van der Waals surface area contributed by atoms with Gasteiger partial charge in [0.25, 0.3) is 0 Å². The lowest BCUT2D eigenvalue weighted by Crippen LogP contribution is -2.40. The minimum absolute atomic E-state index is 0.762. The van der Waals surface area contributed by atoms with Crippen LogP contribution < -0.4 is 10.2 Å². The average molecular weight is 274 g/mol. The Morgan fingerprint density at radius 2 is 2.15 bits per heavy atom. The number of hydrogen-bond acceptors (Lipinski definition) is 4. The molecule has 1 saturated heterocycles. The molecule has 0 amide bonds. The van der Waals surface area contributed by atoms with Crippen molar-refractivity contribution in [2.45, 2.75) is 45.4 Å². The van der Waals surface area contributed by atoms with Crippen LogP contribution in [0.2, 0.25) is 0 Å². The first-order valence-corrected chi connectivity index (χ1v) is 8.17. The minimum Gasteiger partial charge on any atom is -0.356 e. The Morgan fingerprint density at radius 3 is 3.05 bits per heavy atom. The summed E-state index contributed by atoms with van der Waals surface area (Å²) in [5.74, 6) is 1.99. The Morgan fingerprint density at radius 1 is 1.25 bits per heavy atom. The van der Waals surface area contributed by atoms with E-state index in [0.717, 1.165) is 38.5 Å². The maximum Gasteiger partial charge on any atom is 0.135 e. The first-order chi connectivity index (χ1) is 9.88. The number of aryl methyl sites for hydroxylation is 1. The van der Waals surface area contributed by atoms with Crippen LogP contribution in [0.25, 0.3) is 0 Å². The molecule has 2 aliphatic rings. The molecule has 110 valence electrons. The molecule has 1 N–H and O–H groups in total. The molecule has 1 atom stereocenters. The van der Waals surface area contributed by atoms with Gasteiger partial charge in [-0.1, -0.05) is 6.92 Å². The summed E-state index contributed by atoms with van der Waals surface area (Å²) in [5, 5.41) is 3.49. The number of aromatic nitrogens is 2. The van der Waals surface area contributed by atoms with Crippen molar-refractivity contribution in [3.63, 3.8) is 0 Å². The molecule has 0 aromatic carbocycles. The van der Waals surface area contributed by atoms with Gasteiger partial charge in [-0.2, -0.15) is 0 Å². The average Bonchev–Trinajstić information content (AvgIpc) is 2.52. The summed E-state index contributed by atoms with van der Waals surface area (Å²) in [6.07, 6.45) is 9.28. The van der Waals surface area contributed by atoms with E-state index < -0.39 is 0 Å². The molecule has 1 aromatic heterocycles. The van der Waals surface area contributed by atoms with E-state index in [0.29, 0.717) is 0 Å². The summed E-state index contributed by atoms with van der Waals surface area (Å²) in [6, 6.07) is 0. The molecule has 4 heteroatoms. The van der Waals surface area contributed by atoms with Gasteiger partial charge in [0.15, 0.2) is 0 Å². The molecule has 1 aliphatic carbocycles. The zero-order valence-corrected chi connectivity index (χ0v) is 12.6. The zero-order valence-electron chi connectivity index (χ0n) is 12.6. The molecule has 1 aliphatic heterocycles. The Kier molecular flexibility index (Phi) is 4.51. The molecule has 1 unspecified atom stereocenters. The molecule has 2 heterocycles. The van der Waals surface area contributed by atoms with Crippen molar-refractivity contribution in [3.8, 4) is 0 Å². The molecular weight excluding hydrogens is 248 g/mol. The number of anilines is 1. The van der Waals surface area contributed by atoms with Crippen molar-refractivity contribution in [2.75, 3.05) is 31.1 Å². The van der Waals surface area contributed by atoms with Gasteiger partial charge >= 0.3 is 0 Å². The minimum atomic E-state index is 0.762. The largest absolute Gasteiger partial charge is 0.356 e. The van der Waals surface area contributed by atoms with Gasteiger partial charge in [-0.25, -0.2) is 9.97 Å². The summed E-state index contributed by atoms with van der Waals surface area (Å²) in [6.45, 7) is 6.70. The summed E-state index contributed by atoms with van der Waals surface area (Å²) < 4.78 is 0. The fourth-order valence-electron chi connectivity index (χ4n) is 3.55. The number of nitrogens with zero attached hydrogens (tertiary/aromatic N) is 3. The van der Waals surface area contributed by atoms with E-state index in [2.05, 4.69) is 27.1 Å². The molecule has 0 bridgehead atoms. The van der Waals surface area contributed by atoms with Gasteiger partial charge in [-0.15, -0.1) is 0 Å². The number of hydrogen-bond donors (Lipinski definition) is 1. The maximum absolute atomic E-state index is 4.62. The highest BCUT2D eigenvalue weighted by atomic mass is 15.2. The van der Waals surface area contributed by atoms with E-state index in [9.17, 15) is 0 Å². The first kappa shape index (κ1) is 13.8. The molecule has 3 rings (SSSR count). The molecule has 20 heavy (non-hydrogen) atoms. The molecule has 0 spiro atoms. The van der Waals surface area contributed by atoms with Gasteiger partial charge < -0.3 is 10.2 Å². The fourth-order valence-corrected chi connectivity index (χ4v) is 3.55. The predicted octanol–water partition coefficient (Wildman–Crippen LogP) is 2.18. The van der Waals surface area contributed by atoms with E-state index in [1.165, 1.54) is 49.2 Å². The third-order valence-corrected chi connectivity index (χ3v) is 4.60. The van der Waals surface area contributed by atoms with E-state index in [1.807, 2.05) is 0 Å². The number of nitrogens with one attached hydrogen (secondary N) is 1. The summed E-state index contributed by atoms with van der Waals surface area (Å²) in [7, 11) is 0. The van der Waals surface area contributed by atoms with Crippen LogP contribution in [0.5, 0.6) is 0 Å². The van der Waals surface area contributed by atoms with Crippen molar-refractivity contribution in [2.24, 2.45) is 5.92 Å². The van der Waals surface area contributed by atoms with Gasteiger partial charge in [-0.3, -0.25) is 0 Å². The first-order valence-electron chi connectivity index (χ1n) is 8.17. The summed E-state index contributed by atoms with van der Waals surface area (Å²) >= 11 is 0. The van der Waals surface area contributed by atoms with Crippen LogP contribution in [0.3, 0.4) is 0 Å². The molecule has 1 aromatic rings. The molecule has 4 nitrogen and oxygen atoms in total. The van der Waals surface area contributed by atoms with Gasteiger partial charge in [0.05, 0.1) is 0 Å². The topological polar surface area (TPSA) is 41.0 Å². The van der Waals surface area contributed by atoms with Crippen LogP contribution in [-0.2, 0) is 12.8 Å². The SMILES string of the molecule is CCNCC1CCCN(c2ncnc3c2CCCC3)C1. The second kappa shape index (κ2) is 6.53. The monoisotopic (exact) mass is 274 g/mol. The fraction of sp³-hybridized carbons (Fsp3) is 0.750.